The van der Waals surface area contributed by atoms with Gasteiger partial charge in [0.1, 0.15) is 11.5 Å². The summed E-state index contributed by atoms with van der Waals surface area (Å²) in [6.45, 7) is 0. The van der Waals surface area contributed by atoms with Gasteiger partial charge in [0.2, 0.25) is 11.8 Å². The quantitative estimate of drug-likeness (QED) is 0.591. The first kappa shape index (κ1) is 19.1. The number of ether oxygens (including phenoxy) is 2. The Morgan fingerprint density at radius 3 is 2.78 bits per heavy atom. The molecule has 140 valence electrons. The summed E-state index contributed by atoms with van der Waals surface area (Å²) in [5, 5.41) is 11.6. The lowest BCUT2D eigenvalue weighted by Gasteiger charge is -2.11. The molecule has 1 amide bonds. The van der Waals surface area contributed by atoms with E-state index in [1.54, 1.807) is 43.5 Å². The SMILES string of the molecule is COc1ccc(OC)c(NC(=O)CSc2nnc(-c3cccc(Cl)c3)o2)c1. The van der Waals surface area contributed by atoms with Crippen LogP contribution in [0.2, 0.25) is 5.02 Å². The highest BCUT2D eigenvalue weighted by Crippen LogP contribution is 2.29. The highest BCUT2D eigenvalue weighted by atomic mass is 35.5. The van der Waals surface area contributed by atoms with Crippen LogP contribution in [0.1, 0.15) is 0 Å². The third-order valence-corrected chi connectivity index (χ3v) is 4.54. The molecule has 0 radical (unpaired) electrons. The molecule has 0 unspecified atom stereocenters. The van der Waals surface area contributed by atoms with Gasteiger partial charge in [-0.1, -0.05) is 29.4 Å². The fourth-order valence-electron chi connectivity index (χ4n) is 2.23. The molecule has 1 aromatic heterocycles. The number of rotatable bonds is 7. The second kappa shape index (κ2) is 8.79. The number of aromatic nitrogens is 2. The molecule has 0 spiro atoms. The summed E-state index contributed by atoms with van der Waals surface area (Å²) in [6, 6.07) is 12.3. The van der Waals surface area contributed by atoms with Gasteiger partial charge in [-0.3, -0.25) is 4.79 Å². The van der Waals surface area contributed by atoms with E-state index in [0.717, 1.165) is 11.8 Å². The van der Waals surface area contributed by atoms with Gasteiger partial charge in [0, 0.05) is 16.7 Å². The third-order valence-electron chi connectivity index (χ3n) is 3.49. The summed E-state index contributed by atoms with van der Waals surface area (Å²) < 4.78 is 16.0. The Labute approximate surface area is 165 Å². The Kier molecular flexibility index (Phi) is 6.20. The highest BCUT2D eigenvalue weighted by Gasteiger charge is 2.13. The minimum Gasteiger partial charge on any atom is -0.497 e. The zero-order chi connectivity index (χ0) is 19.2. The Bertz CT molecular complexity index is 948. The molecule has 3 aromatic rings. The number of nitrogens with one attached hydrogen (secondary N) is 1. The molecule has 3 rings (SSSR count). The maximum atomic E-state index is 12.2. The zero-order valence-electron chi connectivity index (χ0n) is 14.6. The number of nitrogens with zero attached hydrogens (tertiary/aromatic N) is 2. The van der Waals surface area contributed by atoms with E-state index in [4.69, 9.17) is 25.5 Å². The van der Waals surface area contributed by atoms with Crippen molar-refractivity contribution in [2.24, 2.45) is 0 Å². The summed E-state index contributed by atoms with van der Waals surface area (Å²) in [5.41, 5.74) is 1.24. The van der Waals surface area contributed by atoms with Crippen molar-refractivity contribution in [3.63, 3.8) is 0 Å². The Hall–Kier alpha value is -2.71. The molecule has 2 aromatic carbocycles. The molecule has 1 N–H and O–H groups in total. The second-order valence-corrected chi connectivity index (χ2v) is 6.65. The normalized spacial score (nSPS) is 10.5. The first-order chi connectivity index (χ1) is 13.1. The molecule has 1 heterocycles. The number of carbonyl (C=O) groups excluding carboxylic acids is 1. The average Bonchev–Trinajstić information content (AvgIpc) is 3.15. The molecule has 0 aliphatic rings. The molecule has 0 atom stereocenters. The van der Waals surface area contributed by atoms with E-state index in [1.807, 2.05) is 6.07 Å². The first-order valence-corrected chi connectivity index (χ1v) is 9.19. The molecule has 0 aliphatic heterocycles. The number of amides is 1. The first-order valence-electron chi connectivity index (χ1n) is 7.83. The molecule has 0 aliphatic carbocycles. The van der Waals surface area contributed by atoms with Crippen LogP contribution in [-0.2, 0) is 4.79 Å². The number of halogens is 1. The summed E-state index contributed by atoms with van der Waals surface area (Å²) in [4.78, 5) is 12.2. The zero-order valence-corrected chi connectivity index (χ0v) is 16.1. The van der Waals surface area contributed by atoms with Gasteiger partial charge in [-0.25, -0.2) is 0 Å². The van der Waals surface area contributed by atoms with E-state index < -0.39 is 0 Å². The Morgan fingerprint density at radius 1 is 1.19 bits per heavy atom. The van der Waals surface area contributed by atoms with Gasteiger partial charge in [0.15, 0.2) is 0 Å². The van der Waals surface area contributed by atoms with Crippen molar-refractivity contribution in [2.45, 2.75) is 5.22 Å². The van der Waals surface area contributed by atoms with Crippen molar-refractivity contribution in [3.05, 3.63) is 47.5 Å². The van der Waals surface area contributed by atoms with Gasteiger partial charge in [-0.05, 0) is 30.3 Å². The molecule has 0 saturated heterocycles. The van der Waals surface area contributed by atoms with Crippen molar-refractivity contribution in [3.8, 4) is 23.0 Å². The van der Waals surface area contributed by atoms with Crippen LogP contribution >= 0.6 is 23.4 Å². The summed E-state index contributed by atoms with van der Waals surface area (Å²) >= 11 is 7.09. The number of anilines is 1. The van der Waals surface area contributed by atoms with Crippen molar-refractivity contribution in [1.82, 2.24) is 10.2 Å². The number of carbonyl (C=O) groups is 1. The number of hydrogen-bond donors (Lipinski definition) is 1. The van der Waals surface area contributed by atoms with Crippen LogP contribution in [0.5, 0.6) is 11.5 Å². The predicted octanol–water partition coefficient (Wildman–Crippen LogP) is 4.14. The van der Waals surface area contributed by atoms with Gasteiger partial charge in [0.05, 0.1) is 25.7 Å². The van der Waals surface area contributed by atoms with E-state index in [-0.39, 0.29) is 16.9 Å². The van der Waals surface area contributed by atoms with Crippen LogP contribution in [0.15, 0.2) is 52.1 Å². The maximum absolute atomic E-state index is 12.2. The van der Waals surface area contributed by atoms with Gasteiger partial charge in [0.25, 0.3) is 5.22 Å². The Balaban J connectivity index is 1.62. The van der Waals surface area contributed by atoms with E-state index in [9.17, 15) is 4.79 Å². The van der Waals surface area contributed by atoms with Crippen LogP contribution in [0.25, 0.3) is 11.5 Å². The average molecular weight is 406 g/mol. The molecular weight excluding hydrogens is 390 g/mol. The van der Waals surface area contributed by atoms with Gasteiger partial charge in [-0.2, -0.15) is 0 Å². The second-order valence-electron chi connectivity index (χ2n) is 5.29. The fraction of sp³-hybridized carbons (Fsp3) is 0.167. The molecular formula is C18H16ClN3O4S. The van der Waals surface area contributed by atoms with Crippen molar-refractivity contribution in [1.29, 1.82) is 0 Å². The van der Waals surface area contributed by atoms with Crippen LogP contribution in [-0.4, -0.2) is 36.1 Å². The maximum Gasteiger partial charge on any atom is 0.277 e. The van der Waals surface area contributed by atoms with Crippen LogP contribution < -0.4 is 14.8 Å². The van der Waals surface area contributed by atoms with Crippen LogP contribution in [0.3, 0.4) is 0 Å². The van der Waals surface area contributed by atoms with Gasteiger partial charge < -0.3 is 19.2 Å². The van der Waals surface area contributed by atoms with Crippen molar-refractivity contribution < 1.29 is 18.7 Å². The molecule has 0 bridgehead atoms. The summed E-state index contributed by atoms with van der Waals surface area (Å²) in [6.07, 6.45) is 0. The molecule has 7 nitrogen and oxygen atoms in total. The minimum absolute atomic E-state index is 0.0948. The lowest BCUT2D eigenvalue weighted by atomic mass is 10.2. The number of hydrogen-bond acceptors (Lipinski definition) is 7. The monoisotopic (exact) mass is 405 g/mol. The minimum atomic E-state index is -0.242. The summed E-state index contributed by atoms with van der Waals surface area (Å²) in [7, 11) is 3.08. The lowest BCUT2D eigenvalue weighted by molar-refractivity contribution is -0.113. The van der Waals surface area contributed by atoms with E-state index in [1.165, 1.54) is 7.11 Å². The van der Waals surface area contributed by atoms with Crippen molar-refractivity contribution >= 4 is 35.0 Å². The number of thioether (sulfide) groups is 1. The topological polar surface area (TPSA) is 86.5 Å². The number of benzene rings is 2. The van der Waals surface area contributed by atoms with Crippen molar-refractivity contribution in [2.75, 3.05) is 25.3 Å². The standard InChI is InChI=1S/C18H16ClN3O4S/c1-24-13-6-7-15(25-2)14(9-13)20-16(23)10-27-18-22-21-17(26-18)11-4-3-5-12(19)8-11/h3-9H,10H2,1-2H3,(H,20,23). The molecule has 27 heavy (non-hydrogen) atoms. The summed E-state index contributed by atoms with van der Waals surface area (Å²) in [5.74, 6) is 1.35. The molecule has 0 fully saturated rings. The highest BCUT2D eigenvalue weighted by molar-refractivity contribution is 7.99. The molecule has 0 saturated carbocycles. The largest absolute Gasteiger partial charge is 0.497 e. The lowest BCUT2D eigenvalue weighted by Crippen LogP contribution is -2.14. The Morgan fingerprint density at radius 2 is 2.04 bits per heavy atom. The van der Waals surface area contributed by atoms with E-state index in [2.05, 4.69) is 15.5 Å². The number of methoxy groups -OCH3 is 2. The van der Waals surface area contributed by atoms with E-state index in [0.29, 0.717) is 33.7 Å². The third kappa shape index (κ3) is 4.93. The molecule has 9 heteroatoms. The van der Waals surface area contributed by atoms with Gasteiger partial charge in [-0.15, -0.1) is 10.2 Å². The van der Waals surface area contributed by atoms with Crippen LogP contribution in [0.4, 0.5) is 5.69 Å². The van der Waals surface area contributed by atoms with E-state index >= 15 is 0 Å². The predicted molar refractivity (Wildman–Crippen MR) is 104 cm³/mol. The van der Waals surface area contributed by atoms with Crippen LogP contribution in [0, 0.1) is 0 Å². The smallest absolute Gasteiger partial charge is 0.277 e. The van der Waals surface area contributed by atoms with Gasteiger partial charge >= 0.3 is 0 Å². The fourth-order valence-corrected chi connectivity index (χ4v) is 2.99.